The lowest BCUT2D eigenvalue weighted by Crippen LogP contribution is -2.46. The standard InChI is InChI=1S/C56H103NO5/c1-4-7-10-13-16-19-22-25-27-30-33-36-39-42-45-48-54(59)53(51-58)57-55(60)50-52(47-44-41-38-35-32-29-24-21-18-15-12-9-6-3)62-56(61)49-46-43-40-37-34-31-28-26-23-20-17-14-11-8-5-2/h8,11,14,17,20-21,23-24,52-54,58-59H,4-7,9-10,12-13,15-16,18-19,22,25-51H2,1-3H3,(H,57,60)/b11-8+,17-14+,23-20+,24-21-. The van der Waals surface area contributed by atoms with Crippen LogP contribution in [-0.4, -0.2) is 46.9 Å². The van der Waals surface area contributed by atoms with Crippen molar-refractivity contribution in [2.24, 2.45) is 0 Å². The van der Waals surface area contributed by atoms with E-state index in [1.54, 1.807) is 0 Å². The zero-order chi connectivity index (χ0) is 45.2. The predicted molar refractivity (Wildman–Crippen MR) is 269 cm³/mol. The Morgan fingerprint density at radius 2 is 0.887 bits per heavy atom. The molecule has 0 aromatic carbocycles. The van der Waals surface area contributed by atoms with Gasteiger partial charge in [-0.05, 0) is 70.6 Å². The van der Waals surface area contributed by atoms with Crippen LogP contribution in [0.4, 0.5) is 0 Å². The maximum atomic E-state index is 13.2. The largest absolute Gasteiger partial charge is 0.462 e. The molecular formula is C56H103NO5. The van der Waals surface area contributed by atoms with Crippen LogP contribution in [0.15, 0.2) is 48.6 Å². The molecule has 0 fully saturated rings. The molecule has 0 spiro atoms. The number of unbranched alkanes of at least 4 members (excludes halogenated alkanes) is 30. The molecule has 0 rings (SSSR count). The molecule has 362 valence electrons. The Morgan fingerprint density at radius 3 is 1.37 bits per heavy atom. The second-order valence-electron chi connectivity index (χ2n) is 18.3. The van der Waals surface area contributed by atoms with Gasteiger partial charge >= 0.3 is 5.97 Å². The summed E-state index contributed by atoms with van der Waals surface area (Å²) in [6.45, 7) is 6.35. The first-order chi connectivity index (χ1) is 30.5. The number of carbonyl (C=O) groups is 2. The number of carbonyl (C=O) groups excluding carboxylic acids is 2. The van der Waals surface area contributed by atoms with E-state index < -0.39 is 18.2 Å². The molecule has 3 unspecified atom stereocenters. The van der Waals surface area contributed by atoms with Crippen LogP contribution in [-0.2, 0) is 14.3 Å². The number of rotatable bonds is 48. The topological polar surface area (TPSA) is 95.9 Å². The summed E-state index contributed by atoms with van der Waals surface area (Å²) in [7, 11) is 0. The molecule has 0 saturated heterocycles. The van der Waals surface area contributed by atoms with Crippen molar-refractivity contribution in [2.45, 2.75) is 289 Å². The summed E-state index contributed by atoms with van der Waals surface area (Å²) in [6, 6.07) is -0.706. The smallest absolute Gasteiger partial charge is 0.306 e. The predicted octanol–water partition coefficient (Wildman–Crippen LogP) is 16.2. The SMILES string of the molecule is CC/C=C/C=C/C=C/CCCCCCCCCC(=O)OC(CCCCCCC/C=C\CCCCCC)CC(=O)NC(CO)C(O)CCCCCCCCCCCCCCCCC. The highest BCUT2D eigenvalue weighted by atomic mass is 16.5. The molecule has 62 heavy (non-hydrogen) atoms. The van der Waals surface area contributed by atoms with Crippen molar-refractivity contribution in [3.63, 3.8) is 0 Å². The molecule has 0 bridgehead atoms. The third-order valence-electron chi connectivity index (χ3n) is 12.2. The van der Waals surface area contributed by atoms with Crippen molar-refractivity contribution in [1.29, 1.82) is 0 Å². The summed E-state index contributed by atoms with van der Waals surface area (Å²) in [5, 5.41) is 23.8. The summed E-state index contributed by atoms with van der Waals surface area (Å²) < 4.78 is 5.93. The number of allylic oxidation sites excluding steroid dienone is 8. The zero-order valence-electron chi connectivity index (χ0n) is 41.3. The highest BCUT2D eigenvalue weighted by Gasteiger charge is 2.24. The Balaban J connectivity index is 4.56. The third kappa shape index (κ3) is 44.4. The molecule has 6 heteroatoms. The van der Waals surface area contributed by atoms with Crippen LogP contribution >= 0.6 is 0 Å². The number of hydrogen-bond donors (Lipinski definition) is 3. The van der Waals surface area contributed by atoms with Crippen molar-refractivity contribution in [3.05, 3.63) is 48.6 Å². The molecule has 0 aromatic heterocycles. The van der Waals surface area contributed by atoms with Crippen LogP contribution in [0, 0.1) is 0 Å². The Labute approximate surface area is 385 Å². The first-order valence-corrected chi connectivity index (χ1v) is 26.9. The van der Waals surface area contributed by atoms with Gasteiger partial charge in [0.1, 0.15) is 6.10 Å². The van der Waals surface area contributed by atoms with Crippen molar-refractivity contribution in [1.82, 2.24) is 5.32 Å². The molecule has 0 aliphatic carbocycles. The fourth-order valence-electron chi connectivity index (χ4n) is 8.13. The fourth-order valence-corrected chi connectivity index (χ4v) is 8.13. The number of aliphatic hydroxyl groups is 2. The minimum Gasteiger partial charge on any atom is -0.462 e. The van der Waals surface area contributed by atoms with Gasteiger partial charge in [-0.2, -0.15) is 0 Å². The highest BCUT2D eigenvalue weighted by Crippen LogP contribution is 2.18. The van der Waals surface area contributed by atoms with Crippen LogP contribution in [0.3, 0.4) is 0 Å². The van der Waals surface area contributed by atoms with Gasteiger partial charge in [0.05, 0.1) is 25.2 Å². The van der Waals surface area contributed by atoms with Crippen molar-refractivity contribution < 1.29 is 24.5 Å². The Bertz CT molecular complexity index is 1070. The monoisotopic (exact) mass is 870 g/mol. The molecule has 6 nitrogen and oxygen atoms in total. The Morgan fingerprint density at radius 1 is 0.484 bits per heavy atom. The summed E-state index contributed by atoms with van der Waals surface area (Å²) >= 11 is 0. The van der Waals surface area contributed by atoms with Crippen LogP contribution in [0.5, 0.6) is 0 Å². The van der Waals surface area contributed by atoms with Gasteiger partial charge in [0.15, 0.2) is 0 Å². The van der Waals surface area contributed by atoms with Gasteiger partial charge in [0, 0.05) is 6.42 Å². The molecule has 3 atom stereocenters. The van der Waals surface area contributed by atoms with E-state index in [2.05, 4.69) is 74.7 Å². The maximum absolute atomic E-state index is 13.2. The van der Waals surface area contributed by atoms with Gasteiger partial charge < -0.3 is 20.3 Å². The molecule has 0 aliphatic rings. The molecular weight excluding hydrogens is 767 g/mol. The van der Waals surface area contributed by atoms with Crippen LogP contribution < -0.4 is 5.32 Å². The maximum Gasteiger partial charge on any atom is 0.306 e. The molecule has 0 aliphatic heterocycles. The first-order valence-electron chi connectivity index (χ1n) is 26.9. The first kappa shape index (κ1) is 59.8. The second kappa shape index (κ2) is 49.8. The second-order valence-corrected chi connectivity index (χ2v) is 18.3. The fraction of sp³-hybridized carbons (Fsp3) is 0.821. The van der Waals surface area contributed by atoms with Gasteiger partial charge in [-0.25, -0.2) is 0 Å². The summed E-state index contributed by atoms with van der Waals surface area (Å²) in [4.78, 5) is 26.2. The zero-order valence-corrected chi connectivity index (χ0v) is 41.3. The van der Waals surface area contributed by atoms with Gasteiger partial charge in [0.2, 0.25) is 5.91 Å². The normalized spacial score (nSPS) is 13.6. The summed E-state index contributed by atoms with van der Waals surface area (Å²) in [5.41, 5.74) is 0. The molecule has 0 saturated carbocycles. The van der Waals surface area contributed by atoms with E-state index in [0.717, 1.165) is 77.0 Å². The number of ether oxygens (including phenoxy) is 1. The molecule has 3 N–H and O–H groups in total. The minimum absolute atomic E-state index is 0.0678. The van der Waals surface area contributed by atoms with Crippen LogP contribution in [0.2, 0.25) is 0 Å². The third-order valence-corrected chi connectivity index (χ3v) is 12.2. The average Bonchev–Trinajstić information content (AvgIpc) is 3.26. The van der Waals surface area contributed by atoms with Crippen molar-refractivity contribution in [3.8, 4) is 0 Å². The van der Waals surface area contributed by atoms with Crippen molar-refractivity contribution >= 4 is 11.9 Å². The molecule has 1 amide bonds. The lowest BCUT2D eigenvalue weighted by atomic mass is 10.0. The molecule has 0 radical (unpaired) electrons. The Kier molecular flexibility index (Phi) is 48.1. The average molecular weight is 870 g/mol. The number of aliphatic hydroxyl groups excluding tert-OH is 2. The molecule has 0 heterocycles. The van der Waals surface area contributed by atoms with Crippen molar-refractivity contribution in [2.75, 3.05) is 6.61 Å². The Hall–Kier alpha value is -2.18. The number of nitrogens with one attached hydrogen (secondary N) is 1. The van der Waals surface area contributed by atoms with E-state index in [1.807, 2.05) is 0 Å². The van der Waals surface area contributed by atoms with Crippen LogP contribution in [0.25, 0.3) is 0 Å². The van der Waals surface area contributed by atoms with Crippen LogP contribution in [0.1, 0.15) is 271 Å². The van der Waals surface area contributed by atoms with Gasteiger partial charge in [0.25, 0.3) is 0 Å². The van der Waals surface area contributed by atoms with E-state index in [0.29, 0.717) is 19.3 Å². The minimum atomic E-state index is -0.792. The quantitative estimate of drug-likeness (QED) is 0.0245. The van der Waals surface area contributed by atoms with Gasteiger partial charge in [-0.15, -0.1) is 0 Å². The van der Waals surface area contributed by atoms with E-state index in [1.165, 1.54) is 148 Å². The van der Waals surface area contributed by atoms with E-state index in [4.69, 9.17) is 4.74 Å². The molecule has 0 aromatic rings. The number of hydrogen-bond acceptors (Lipinski definition) is 5. The summed E-state index contributed by atoms with van der Waals surface area (Å²) in [5.74, 6) is -0.489. The summed E-state index contributed by atoms with van der Waals surface area (Å²) in [6.07, 6.45) is 60.2. The lowest BCUT2D eigenvalue weighted by molar-refractivity contribution is -0.151. The van der Waals surface area contributed by atoms with E-state index in [-0.39, 0.29) is 24.9 Å². The van der Waals surface area contributed by atoms with Gasteiger partial charge in [-0.3, -0.25) is 9.59 Å². The number of amides is 1. The highest BCUT2D eigenvalue weighted by molar-refractivity contribution is 5.77. The lowest BCUT2D eigenvalue weighted by Gasteiger charge is -2.24. The van der Waals surface area contributed by atoms with E-state index in [9.17, 15) is 19.8 Å². The van der Waals surface area contributed by atoms with E-state index >= 15 is 0 Å². The number of esters is 1. The van der Waals surface area contributed by atoms with Gasteiger partial charge in [-0.1, -0.05) is 236 Å².